The normalized spacial score (nSPS) is 23.5. The molecule has 0 saturated carbocycles. The van der Waals surface area contributed by atoms with Crippen LogP contribution in [0.25, 0.3) is 0 Å². The molecule has 2 N–H and O–H groups in total. The van der Waals surface area contributed by atoms with E-state index in [4.69, 9.17) is 4.99 Å². The van der Waals surface area contributed by atoms with Crippen LogP contribution in [-0.2, 0) is 6.54 Å². The molecule has 0 amide bonds. The molecule has 6 nitrogen and oxygen atoms in total. The molecule has 2 unspecified atom stereocenters. The molecule has 0 bridgehead atoms. The van der Waals surface area contributed by atoms with E-state index in [0.717, 1.165) is 38.6 Å². The molecule has 2 aliphatic rings. The summed E-state index contributed by atoms with van der Waals surface area (Å²) in [6, 6.07) is 11.9. The first kappa shape index (κ1) is 27.3. The van der Waals surface area contributed by atoms with Gasteiger partial charge in [-0.2, -0.15) is 0 Å². The van der Waals surface area contributed by atoms with Crippen LogP contribution in [0.15, 0.2) is 35.3 Å². The Morgan fingerprint density at radius 3 is 2.50 bits per heavy atom. The van der Waals surface area contributed by atoms with Crippen LogP contribution in [-0.4, -0.2) is 92.1 Å². The van der Waals surface area contributed by atoms with Crippen molar-refractivity contribution in [1.29, 1.82) is 0 Å². The lowest BCUT2D eigenvalue weighted by Crippen LogP contribution is -2.51. The van der Waals surface area contributed by atoms with Crippen molar-refractivity contribution in [2.45, 2.75) is 58.2 Å². The number of benzene rings is 1. The molecule has 0 radical (unpaired) electrons. The molecule has 3 rings (SSSR count). The topological polar surface area (TPSA) is 46.1 Å². The summed E-state index contributed by atoms with van der Waals surface area (Å²) >= 11 is 0. The standard InChI is InChI=1S/C25H44N6.HI/c1-4-26-25(27-13-8-9-14-30-18-16-29(3)17-19-30)28-24-12-15-31(22(2)20-24)21-23-10-6-5-7-11-23;/h5-7,10-11,22,24H,4,8-9,12-21H2,1-3H3,(H2,26,27,28);1H. The fourth-order valence-corrected chi connectivity index (χ4v) is 4.63. The van der Waals surface area contributed by atoms with E-state index < -0.39 is 0 Å². The average molecular weight is 557 g/mol. The van der Waals surface area contributed by atoms with Crippen molar-refractivity contribution >= 4 is 29.9 Å². The lowest BCUT2D eigenvalue weighted by molar-refractivity contribution is 0.134. The first-order chi connectivity index (χ1) is 15.1. The zero-order chi connectivity index (χ0) is 21.9. The van der Waals surface area contributed by atoms with Gasteiger partial charge in [-0.25, -0.2) is 0 Å². The van der Waals surface area contributed by atoms with E-state index in [1.54, 1.807) is 0 Å². The number of nitrogens with zero attached hydrogens (tertiary/aromatic N) is 4. The van der Waals surface area contributed by atoms with Gasteiger partial charge in [0.15, 0.2) is 5.96 Å². The highest BCUT2D eigenvalue weighted by Crippen LogP contribution is 2.20. The number of piperazine rings is 1. The van der Waals surface area contributed by atoms with Gasteiger partial charge in [-0.15, -0.1) is 24.0 Å². The van der Waals surface area contributed by atoms with Gasteiger partial charge in [-0.3, -0.25) is 9.89 Å². The summed E-state index contributed by atoms with van der Waals surface area (Å²) in [4.78, 5) is 12.5. The molecule has 32 heavy (non-hydrogen) atoms. The summed E-state index contributed by atoms with van der Waals surface area (Å²) in [6.07, 6.45) is 4.74. The molecule has 0 spiro atoms. The van der Waals surface area contributed by atoms with Gasteiger partial charge in [-0.05, 0) is 58.7 Å². The van der Waals surface area contributed by atoms with E-state index in [0.29, 0.717) is 12.1 Å². The van der Waals surface area contributed by atoms with Crippen molar-refractivity contribution in [3.05, 3.63) is 35.9 Å². The summed E-state index contributed by atoms with van der Waals surface area (Å²) in [5.41, 5.74) is 1.41. The Hall–Kier alpha value is -0.900. The number of piperidine rings is 1. The maximum Gasteiger partial charge on any atom is 0.191 e. The third kappa shape index (κ3) is 9.53. The fraction of sp³-hybridized carbons (Fsp3) is 0.720. The van der Waals surface area contributed by atoms with E-state index in [1.807, 2.05) is 0 Å². The number of halogens is 1. The molecule has 0 aliphatic carbocycles. The average Bonchev–Trinajstić information content (AvgIpc) is 2.77. The van der Waals surface area contributed by atoms with Crippen molar-refractivity contribution in [2.75, 3.05) is 59.4 Å². The Labute approximate surface area is 213 Å². The smallest absolute Gasteiger partial charge is 0.191 e. The second kappa shape index (κ2) is 15.1. The molecule has 2 fully saturated rings. The largest absolute Gasteiger partial charge is 0.357 e. The summed E-state index contributed by atoms with van der Waals surface area (Å²) in [7, 11) is 2.22. The quantitative estimate of drug-likeness (QED) is 0.212. The monoisotopic (exact) mass is 556 g/mol. The van der Waals surface area contributed by atoms with Gasteiger partial charge in [0.2, 0.25) is 0 Å². The molecule has 1 aromatic rings. The minimum Gasteiger partial charge on any atom is -0.357 e. The molecule has 182 valence electrons. The number of hydrogen-bond acceptors (Lipinski definition) is 4. The van der Waals surface area contributed by atoms with Crippen LogP contribution in [0.3, 0.4) is 0 Å². The Morgan fingerprint density at radius 1 is 1.06 bits per heavy atom. The van der Waals surface area contributed by atoms with Crippen LogP contribution in [0.5, 0.6) is 0 Å². The third-order valence-electron chi connectivity index (χ3n) is 6.68. The van der Waals surface area contributed by atoms with Crippen LogP contribution >= 0.6 is 24.0 Å². The van der Waals surface area contributed by atoms with E-state index in [2.05, 4.69) is 76.6 Å². The molecular weight excluding hydrogens is 511 g/mol. The van der Waals surface area contributed by atoms with Crippen LogP contribution < -0.4 is 10.6 Å². The second-order valence-corrected chi connectivity index (χ2v) is 9.28. The van der Waals surface area contributed by atoms with Crippen molar-refractivity contribution in [3.63, 3.8) is 0 Å². The van der Waals surface area contributed by atoms with Gasteiger partial charge in [0, 0.05) is 64.4 Å². The van der Waals surface area contributed by atoms with Gasteiger partial charge < -0.3 is 20.4 Å². The molecule has 2 heterocycles. The van der Waals surface area contributed by atoms with E-state index in [1.165, 1.54) is 57.5 Å². The van der Waals surface area contributed by atoms with Crippen molar-refractivity contribution in [3.8, 4) is 0 Å². The molecular formula is C25H45IN6. The zero-order valence-electron chi connectivity index (χ0n) is 20.4. The van der Waals surface area contributed by atoms with E-state index in [9.17, 15) is 0 Å². The van der Waals surface area contributed by atoms with Crippen LogP contribution in [0.2, 0.25) is 0 Å². The summed E-state index contributed by atoms with van der Waals surface area (Å²) in [5, 5.41) is 7.16. The van der Waals surface area contributed by atoms with Crippen LogP contribution in [0.4, 0.5) is 0 Å². The predicted molar refractivity (Wildman–Crippen MR) is 147 cm³/mol. The van der Waals surface area contributed by atoms with Crippen molar-refractivity contribution in [1.82, 2.24) is 25.3 Å². The van der Waals surface area contributed by atoms with Crippen LogP contribution in [0.1, 0.15) is 45.1 Å². The first-order valence-corrected chi connectivity index (χ1v) is 12.4. The molecule has 2 saturated heterocycles. The highest BCUT2D eigenvalue weighted by Gasteiger charge is 2.26. The lowest BCUT2D eigenvalue weighted by atomic mass is 9.97. The minimum absolute atomic E-state index is 0. The summed E-state index contributed by atoms with van der Waals surface area (Å²) in [6.45, 7) is 14.6. The number of rotatable bonds is 9. The van der Waals surface area contributed by atoms with E-state index in [-0.39, 0.29) is 24.0 Å². The number of likely N-dealkylation sites (tertiary alicyclic amines) is 1. The van der Waals surface area contributed by atoms with Crippen LogP contribution in [0, 0.1) is 0 Å². The highest BCUT2D eigenvalue weighted by molar-refractivity contribution is 14.0. The second-order valence-electron chi connectivity index (χ2n) is 9.28. The number of nitrogens with one attached hydrogen (secondary N) is 2. The number of unbranched alkanes of at least 4 members (excludes halogenated alkanes) is 1. The third-order valence-corrected chi connectivity index (χ3v) is 6.68. The Kier molecular flexibility index (Phi) is 12.9. The lowest BCUT2D eigenvalue weighted by Gasteiger charge is -2.38. The Morgan fingerprint density at radius 2 is 1.81 bits per heavy atom. The van der Waals surface area contributed by atoms with Gasteiger partial charge >= 0.3 is 0 Å². The Bertz CT molecular complexity index is 647. The molecule has 2 atom stereocenters. The number of aliphatic imine (C=N–C) groups is 1. The maximum atomic E-state index is 4.87. The van der Waals surface area contributed by atoms with Gasteiger partial charge in [-0.1, -0.05) is 30.3 Å². The molecule has 7 heteroatoms. The fourth-order valence-electron chi connectivity index (χ4n) is 4.63. The minimum atomic E-state index is 0. The summed E-state index contributed by atoms with van der Waals surface area (Å²) < 4.78 is 0. The number of guanidine groups is 1. The zero-order valence-corrected chi connectivity index (χ0v) is 22.8. The predicted octanol–water partition coefficient (Wildman–Crippen LogP) is 3.24. The van der Waals surface area contributed by atoms with Gasteiger partial charge in [0.05, 0.1) is 0 Å². The first-order valence-electron chi connectivity index (χ1n) is 12.4. The van der Waals surface area contributed by atoms with Gasteiger partial charge in [0.1, 0.15) is 0 Å². The number of hydrogen-bond donors (Lipinski definition) is 2. The maximum absolute atomic E-state index is 4.87. The SMILES string of the molecule is CCNC(=NCCCCN1CCN(C)CC1)NC1CCN(Cc2ccccc2)C(C)C1.I. The molecule has 1 aromatic carbocycles. The van der Waals surface area contributed by atoms with Crippen molar-refractivity contribution < 1.29 is 0 Å². The van der Waals surface area contributed by atoms with Gasteiger partial charge in [0.25, 0.3) is 0 Å². The summed E-state index contributed by atoms with van der Waals surface area (Å²) in [5.74, 6) is 0.996. The Balaban J connectivity index is 0.00000363. The number of likely N-dealkylation sites (N-methyl/N-ethyl adjacent to an activating group) is 1. The van der Waals surface area contributed by atoms with Crippen molar-refractivity contribution in [2.24, 2.45) is 4.99 Å². The highest BCUT2D eigenvalue weighted by atomic mass is 127. The molecule has 2 aliphatic heterocycles. The van der Waals surface area contributed by atoms with E-state index >= 15 is 0 Å². The molecule has 0 aromatic heterocycles.